The first kappa shape index (κ1) is 16.5. The summed E-state index contributed by atoms with van der Waals surface area (Å²) in [4.78, 5) is 15.3. The molecule has 0 spiro atoms. The molecule has 1 atom stereocenters. The molecule has 0 aromatic heterocycles. The van der Waals surface area contributed by atoms with Crippen LogP contribution in [-0.2, 0) is 0 Å². The van der Waals surface area contributed by atoms with Crippen molar-refractivity contribution in [1.82, 2.24) is 4.90 Å². The van der Waals surface area contributed by atoms with Gasteiger partial charge in [0.1, 0.15) is 0 Å². The largest absolute Gasteiger partial charge is 0.309 e. The van der Waals surface area contributed by atoms with Crippen molar-refractivity contribution in [1.29, 1.82) is 0 Å². The molecule has 17 heavy (non-hydrogen) atoms. The molecule has 0 aliphatic carbocycles. The van der Waals surface area contributed by atoms with E-state index in [1.165, 1.54) is 4.90 Å². The molecule has 1 rings (SSSR count). The summed E-state index contributed by atoms with van der Waals surface area (Å²) in [5, 5.41) is 0. The highest BCUT2D eigenvalue weighted by Gasteiger charge is 2.15. The molecule has 1 aromatic carbocycles. The summed E-state index contributed by atoms with van der Waals surface area (Å²) >= 11 is 1.69. The van der Waals surface area contributed by atoms with Gasteiger partial charge in [-0.05, 0) is 32.5 Å². The Balaban J connectivity index is 0.00000256. The second kappa shape index (κ2) is 7.75. The molecule has 1 aromatic rings. The fourth-order valence-corrected chi connectivity index (χ4v) is 2.08. The number of rotatable bonds is 5. The molecule has 4 heteroatoms. The number of carbonyl (C=O) groups is 1. The lowest BCUT2D eigenvalue weighted by Crippen LogP contribution is -2.25. The first-order valence-corrected chi connectivity index (χ1v) is 6.60. The molecule has 2 nitrogen and oxygen atoms in total. The second-order valence-corrected chi connectivity index (χ2v) is 5.14. The summed E-state index contributed by atoms with van der Waals surface area (Å²) in [5.41, 5.74) is 0.812. The average molecular weight is 274 g/mol. The highest BCUT2D eigenvalue weighted by molar-refractivity contribution is 7.98. The summed E-state index contributed by atoms with van der Waals surface area (Å²) < 4.78 is 0. The zero-order valence-corrected chi connectivity index (χ0v) is 12.4. The van der Waals surface area contributed by atoms with Crippen molar-refractivity contribution in [3.63, 3.8) is 0 Å². The monoisotopic (exact) mass is 273 g/mol. The van der Waals surface area contributed by atoms with Gasteiger partial charge in [-0.3, -0.25) is 4.79 Å². The van der Waals surface area contributed by atoms with E-state index in [0.717, 1.165) is 12.1 Å². The molecule has 0 N–H and O–H groups in total. The number of carbonyl (C=O) groups excluding carboxylic acids is 1. The maximum atomic E-state index is 12.0. The molecule has 0 radical (unpaired) electrons. The van der Waals surface area contributed by atoms with Crippen molar-refractivity contribution in [3.05, 3.63) is 29.8 Å². The van der Waals surface area contributed by atoms with Crippen LogP contribution in [0, 0.1) is 5.92 Å². The second-order valence-electron chi connectivity index (χ2n) is 4.26. The number of hydrogen-bond donors (Lipinski definition) is 0. The first-order valence-electron chi connectivity index (χ1n) is 5.37. The Bertz CT molecular complexity index is 351. The number of halogens is 1. The smallest absolute Gasteiger partial charge is 0.166 e. The minimum absolute atomic E-state index is 0. The zero-order chi connectivity index (χ0) is 12.1. The fourth-order valence-electron chi connectivity index (χ4n) is 1.67. The Morgan fingerprint density at radius 3 is 2.24 bits per heavy atom. The molecule has 0 saturated carbocycles. The Kier molecular flexibility index (Phi) is 7.51. The Morgan fingerprint density at radius 1 is 1.29 bits per heavy atom. The molecule has 0 aliphatic rings. The Labute approximate surface area is 114 Å². The normalized spacial score (nSPS) is 12.1. The summed E-state index contributed by atoms with van der Waals surface area (Å²) in [5.74, 6) is 0.275. The van der Waals surface area contributed by atoms with E-state index in [4.69, 9.17) is 0 Å². The Morgan fingerprint density at radius 2 is 1.82 bits per heavy atom. The number of benzene rings is 1. The molecule has 1 unspecified atom stereocenters. The highest BCUT2D eigenvalue weighted by Crippen LogP contribution is 2.17. The zero-order valence-electron chi connectivity index (χ0n) is 10.8. The van der Waals surface area contributed by atoms with Gasteiger partial charge in [0.05, 0.1) is 0 Å². The van der Waals surface area contributed by atoms with Gasteiger partial charge in [0.2, 0.25) is 0 Å². The van der Waals surface area contributed by atoms with Crippen molar-refractivity contribution in [2.45, 2.75) is 11.8 Å². The highest BCUT2D eigenvalue weighted by atomic mass is 35.5. The van der Waals surface area contributed by atoms with E-state index in [9.17, 15) is 4.79 Å². The number of ketones is 1. The van der Waals surface area contributed by atoms with Crippen LogP contribution in [0.15, 0.2) is 29.2 Å². The summed E-state index contributed by atoms with van der Waals surface area (Å²) in [6.07, 6.45) is 2.03. The van der Waals surface area contributed by atoms with E-state index < -0.39 is 0 Å². The van der Waals surface area contributed by atoms with Gasteiger partial charge < -0.3 is 4.90 Å². The molecule has 0 saturated heterocycles. The van der Waals surface area contributed by atoms with Crippen molar-refractivity contribution >= 4 is 30.0 Å². The predicted molar refractivity (Wildman–Crippen MR) is 77.5 cm³/mol. The third-order valence-corrected chi connectivity index (χ3v) is 3.20. The minimum atomic E-state index is 0. The molecular weight excluding hydrogens is 254 g/mol. The predicted octanol–water partition coefficient (Wildman–Crippen LogP) is 3.21. The molecule has 96 valence electrons. The van der Waals surface area contributed by atoms with Gasteiger partial charge >= 0.3 is 0 Å². The maximum absolute atomic E-state index is 12.0. The van der Waals surface area contributed by atoms with E-state index in [2.05, 4.69) is 0 Å². The molecule has 0 aliphatic heterocycles. The Hall–Kier alpha value is -0.510. The first-order chi connectivity index (χ1) is 7.54. The van der Waals surface area contributed by atoms with Crippen LogP contribution in [0.3, 0.4) is 0 Å². The molecule has 0 amide bonds. The lowest BCUT2D eigenvalue weighted by atomic mass is 9.99. The van der Waals surface area contributed by atoms with E-state index in [0.29, 0.717) is 0 Å². The van der Waals surface area contributed by atoms with Crippen LogP contribution in [0.25, 0.3) is 0 Å². The van der Waals surface area contributed by atoms with E-state index in [1.54, 1.807) is 11.8 Å². The third kappa shape index (κ3) is 5.11. The van der Waals surface area contributed by atoms with Crippen LogP contribution < -0.4 is 0 Å². The van der Waals surface area contributed by atoms with Crippen molar-refractivity contribution < 1.29 is 4.79 Å². The fraction of sp³-hybridized carbons (Fsp3) is 0.462. The summed E-state index contributed by atoms with van der Waals surface area (Å²) in [7, 11) is 3.97. The maximum Gasteiger partial charge on any atom is 0.166 e. The van der Waals surface area contributed by atoms with E-state index in [-0.39, 0.29) is 24.1 Å². The van der Waals surface area contributed by atoms with E-state index >= 15 is 0 Å². The number of thioether (sulfide) groups is 1. The van der Waals surface area contributed by atoms with Gasteiger partial charge in [0, 0.05) is 22.9 Å². The lowest BCUT2D eigenvalue weighted by molar-refractivity contribution is 0.0910. The van der Waals surface area contributed by atoms with E-state index in [1.807, 2.05) is 56.4 Å². The van der Waals surface area contributed by atoms with Gasteiger partial charge in [0.25, 0.3) is 0 Å². The van der Waals surface area contributed by atoms with Gasteiger partial charge in [-0.2, -0.15) is 0 Å². The molecule has 0 fully saturated rings. The average Bonchev–Trinajstić information content (AvgIpc) is 2.27. The minimum Gasteiger partial charge on any atom is -0.309 e. The van der Waals surface area contributed by atoms with Crippen LogP contribution >= 0.6 is 24.2 Å². The number of hydrogen-bond acceptors (Lipinski definition) is 3. The van der Waals surface area contributed by atoms with Crippen LogP contribution in [0.2, 0.25) is 0 Å². The number of Topliss-reactive ketones (excluding diaryl/α,β-unsaturated/α-hetero) is 1. The van der Waals surface area contributed by atoms with Gasteiger partial charge in [-0.25, -0.2) is 0 Å². The molecular formula is C13H20ClNOS. The van der Waals surface area contributed by atoms with Crippen molar-refractivity contribution in [3.8, 4) is 0 Å². The van der Waals surface area contributed by atoms with Crippen LogP contribution in [-0.4, -0.2) is 37.6 Å². The summed E-state index contributed by atoms with van der Waals surface area (Å²) in [6, 6.07) is 7.83. The van der Waals surface area contributed by atoms with Gasteiger partial charge in [-0.1, -0.05) is 19.1 Å². The standard InChI is InChI=1S/C13H19NOS.ClH/c1-10(9-14(2)3)13(15)11-5-7-12(16-4)8-6-11;/h5-8,10H,9H2,1-4H3;1H. The van der Waals surface area contributed by atoms with Crippen LogP contribution in [0.5, 0.6) is 0 Å². The summed E-state index contributed by atoms with van der Waals surface area (Å²) in [6.45, 7) is 2.77. The van der Waals surface area contributed by atoms with Crippen LogP contribution in [0.1, 0.15) is 17.3 Å². The third-order valence-electron chi connectivity index (χ3n) is 2.46. The van der Waals surface area contributed by atoms with Crippen molar-refractivity contribution in [2.24, 2.45) is 5.92 Å². The number of nitrogens with zero attached hydrogens (tertiary/aromatic N) is 1. The SMILES string of the molecule is CSc1ccc(C(=O)C(C)CN(C)C)cc1.Cl. The molecule has 0 bridgehead atoms. The quantitative estimate of drug-likeness (QED) is 0.607. The lowest BCUT2D eigenvalue weighted by Gasteiger charge is -2.15. The van der Waals surface area contributed by atoms with Crippen LogP contribution in [0.4, 0.5) is 0 Å². The van der Waals surface area contributed by atoms with Crippen molar-refractivity contribution in [2.75, 3.05) is 26.9 Å². The molecule has 0 heterocycles. The van der Waals surface area contributed by atoms with Gasteiger partial charge in [0.15, 0.2) is 5.78 Å². The topological polar surface area (TPSA) is 20.3 Å². The van der Waals surface area contributed by atoms with Gasteiger partial charge in [-0.15, -0.1) is 24.2 Å².